The third-order valence-electron chi connectivity index (χ3n) is 4.23. The molecule has 1 aliphatic rings. The molecule has 106 valence electrons. The second kappa shape index (κ2) is 5.58. The maximum atomic E-state index is 6.24. The van der Waals surface area contributed by atoms with Crippen molar-refractivity contribution in [3.05, 3.63) is 51.9 Å². The molecule has 1 aromatic heterocycles. The Kier molecular flexibility index (Phi) is 3.81. The van der Waals surface area contributed by atoms with Crippen molar-refractivity contribution in [3.8, 4) is 0 Å². The molecule has 1 fully saturated rings. The van der Waals surface area contributed by atoms with E-state index >= 15 is 0 Å². The van der Waals surface area contributed by atoms with E-state index in [1.165, 1.54) is 11.1 Å². The lowest BCUT2D eigenvalue weighted by Gasteiger charge is -2.36. The quantitative estimate of drug-likeness (QED) is 0.925. The van der Waals surface area contributed by atoms with Gasteiger partial charge in [0.1, 0.15) is 5.76 Å². The van der Waals surface area contributed by atoms with Crippen molar-refractivity contribution < 1.29 is 4.52 Å². The summed E-state index contributed by atoms with van der Waals surface area (Å²) in [7, 11) is 0. The van der Waals surface area contributed by atoms with E-state index < -0.39 is 0 Å². The van der Waals surface area contributed by atoms with E-state index in [0.29, 0.717) is 12.0 Å². The standard InChI is InChI=1S/C16H19ClN2O/c1-10-15(11(2)20-19-10)9-18-13-7-12(8-13)14-5-3-4-6-16(14)17/h3-6,12-13,18H,7-9H2,1-2H3. The molecule has 3 nitrogen and oxygen atoms in total. The summed E-state index contributed by atoms with van der Waals surface area (Å²) in [5.74, 6) is 1.50. The molecule has 1 aromatic carbocycles. The first-order chi connectivity index (χ1) is 9.65. The smallest absolute Gasteiger partial charge is 0.138 e. The Bertz CT molecular complexity index is 583. The predicted molar refractivity (Wildman–Crippen MR) is 80.0 cm³/mol. The topological polar surface area (TPSA) is 38.1 Å². The Morgan fingerprint density at radius 3 is 2.70 bits per heavy atom. The first kappa shape index (κ1) is 13.7. The lowest BCUT2D eigenvalue weighted by Crippen LogP contribution is -2.39. The van der Waals surface area contributed by atoms with Crippen LogP contribution in [0.4, 0.5) is 0 Å². The number of aromatic nitrogens is 1. The fourth-order valence-electron chi connectivity index (χ4n) is 2.85. The number of nitrogens with one attached hydrogen (secondary N) is 1. The highest BCUT2D eigenvalue weighted by atomic mass is 35.5. The zero-order chi connectivity index (χ0) is 14.1. The van der Waals surface area contributed by atoms with E-state index in [0.717, 1.165) is 35.9 Å². The van der Waals surface area contributed by atoms with Gasteiger partial charge in [-0.2, -0.15) is 0 Å². The van der Waals surface area contributed by atoms with Crippen LogP contribution in [-0.2, 0) is 6.54 Å². The maximum absolute atomic E-state index is 6.24. The number of nitrogens with zero attached hydrogens (tertiary/aromatic N) is 1. The number of halogens is 1. The van der Waals surface area contributed by atoms with Gasteiger partial charge >= 0.3 is 0 Å². The zero-order valence-electron chi connectivity index (χ0n) is 11.8. The number of aryl methyl sites for hydroxylation is 2. The second-order valence-corrected chi connectivity index (χ2v) is 5.98. The molecule has 3 rings (SSSR count). The Morgan fingerprint density at radius 2 is 2.05 bits per heavy atom. The predicted octanol–water partition coefficient (Wildman–Crippen LogP) is 3.98. The van der Waals surface area contributed by atoms with Gasteiger partial charge in [-0.25, -0.2) is 0 Å². The van der Waals surface area contributed by atoms with Crippen molar-refractivity contribution in [3.63, 3.8) is 0 Å². The van der Waals surface area contributed by atoms with Crippen molar-refractivity contribution in [1.29, 1.82) is 0 Å². The van der Waals surface area contributed by atoms with Gasteiger partial charge in [0, 0.05) is 23.2 Å². The maximum Gasteiger partial charge on any atom is 0.138 e. The molecule has 1 saturated carbocycles. The lowest BCUT2D eigenvalue weighted by molar-refractivity contribution is 0.289. The Hall–Kier alpha value is -1.32. The van der Waals surface area contributed by atoms with Gasteiger partial charge in [0.15, 0.2) is 0 Å². The highest BCUT2D eigenvalue weighted by Crippen LogP contribution is 2.40. The molecule has 4 heteroatoms. The Labute approximate surface area is 124 Å². The molecular weight excluding hydrogens is 272 g/mol. The van der Waals surface area contributed by atoms with E-state index in [9.17, 15) is 0 Å². The number of rotatable bonds is 4. The fourth-order valence-corrected chi connectivity index (χ4v) is 3.14. The molecule has 1 aliphatic carbocycles. The minimum Gasteiger partial charge on any atom is -0.361 e. The SMILES string of the molecule is Cc1noc(C)c1CNC1CC(c2ccccc2Cl)C1. The van der Waals surface area contributed by atoms with Crippen molar-refractivity contribution in [1.82, 2.24) is 10.5 Å². The van der Waals surface area contributed by atoms with E-state index in [1.807, 2.05) is 26.0 Å². The summed E-state index contributed by atoms with van der Waals surface area (Å²) in [5.41, 5.74) is 3.45. The van der Waals surface area contributed by atoms with Crippen molar-refractivity contribution in [2.45, 2.75) is 45.2 Å². The van der Waals surface area contributed by atoms with Gasteiger partial charge in [-0.15, -0.1) is 0 Å². The van der Waals surface area contributed by atoms with Crippen LogP contribution in [0.25, 0.3) is 0 Å². The summed E-state index contributed by atoms with van der Waals surface area (Å²) in [5, 5.41) is 8.45. The second-order valence-electron chi connectivity index (χ2n) is 5.57. The fraction of sp³-hybridized carbons (Fsp3) is 0.438. The van der Waals surface area contributed by atoms with Crippen molar-refractivity contribution in [2.24, 2.45) is 0 Å². The Morgan fingerprint density at radius 1 is 1.30 bits per heavy atom. The monoisotopic (exact) mass is 290 g/mol. The van der Waals surface area contributed by atoms with E-state index in [1.54, 1.807) is 0 Å². The minimum atomic E-state index is 0.560. The van der Waals surface area contributed by atoms with Gasteiger partial charge in [-0.1, -0.05) is 35.0 Å². The summed E-state index contributed by atoms with van der Waals surface area (Å²) in [4.78, 5) is 0. The highest BCUT2D eigenvalue weighted by molar-refractivity contribution is 6.31. The average Bonchev–Trinajstić information content (AvgIpc) is 2.70. The van der Waals surface area contributed by atoms with Gasteiger partial charge in [0.25, 0.3) is 0 Å². The van der Waals surface area contributed by atoms with E-state index in [2.05, 4.69) is 22.6 Å². The third-order valence-corrected chi connectivity index (χ3v) is 4.58. The molecule has 0 atom stereocenters. The molecule has 0 radical (unpaired) electrons. The molecule has 0 spiro atoms. The summed E-state index contributed by atoms with van der Waals surface area (Å²) >= 11 is 6.24. The molecule has 1 heterocycles. The normalized spacial score (nSPS) is 21.8. The molecule has 0 unspecified atom stereocenters. The number of benzene rings is 1. The number of hydrogen-bond acceptors (Lipinski definition) is 3. The molecule has 0 amide bonds. The van der Waals surface area contributed by atoms with Gasteiger partial charge in [0.2, 0.25) is 0 Å². The van der Waals surface area contributed by atoms with Crippen LogP contribution in [0.15, 0.2) is 28.8 Å². The van der Waals surface area contributed by atoms with Crippen LogP contribution in [0.1, 0.15) is 41.3 Å². The molecule has 0 bridgehead atoms. The lowest BCUT2D eigenvalue weighted by atomic mass is 9.76. The van der Waals surface area contributed by atoms with Gasteiger partial charge in [0.05, 0.1) is 5.69 Å². The average molecular weight is 291 g/mol. The summed E-state index contributed by atoms with van der Waals surface area (Å²) in [6.07, 6.45) is 2.29. The van der Waals surface area contributed by atoms with Crippen molar-refractivity contribution >= 4 is 11.6 Å². The Balaban J connectivity index is 1.53. The van der Waals surface area contributed by atoms with E-state index in [4.69, 9.17) is 16.1 Å². The highest BCUT2D eigenvalue weighted by Gasteiger charge is 2.31. The summed E-state index contributed by atoms with van der Waals surface area (Å²) in [6.45, 7) is 4.78. The van der Waals surface area contributed by atoms with E-state index in [-0.39, 0.29) is 0 Å². The first-order valence-corrected chi connectivity index (χ1v) is 7.42. The van der Waals surface area contributed by atoms with Crippen LogP contribution in [-0.4, -0.2) is 11.2 Å². The van der Waals surface area contributed by atoms with Crippen LogP contribution in [0.5, 0.6) is 0 Å². The van der Waals surface area contributed by atoms with Crippen LogP contribution in [0.3, 0.4) is 0 Å². The third kappa shape index (κ3) is 2.60. The first-order valence-electron chi connectivity index (χ1n) is 7.04. The van der Waals surface area contributed by atoms with Gasteiger partial charge < -0.3 is 9.84 Å². The summed E-state index contributed by atoms with van der Waals surface area (Å²) in [6, 6.07) is 8.72. The molecule has 2 aromatic rings. The van der Waals surface area contributed by atoms with Gasteiger partial charge in [-0.05, 0) is 44.2 Å². The van der Waals surface area contributed by atoms with Gasteiger partial charge in [-0.3, -0.25) is 0 Å². The summed E-state index contributed by atoms with van der Waals surface area (Å²) < 4.78 is 5.18. The zero-order valence-corrected chi connectivity index (χ0v) is 12.6. The molecular formula is C16H19ClN2O. The van der Waals surface area contributed by atoms with Crippen LogP contribution in [0, 0.1) is 13.8 Å². The van der Waals surface area contributed by atoms with Crippen molar-refractivity contribution in [2.75, 3.05) is 0 Å². The molecule has 0 aliphatic heterocycles. The largest absolute Gasteiger partial charge is 0.361 e. The van der Waals surface area contributed by atoms with Crippen LogP contribution < -0.4 is 5.32 Å². The van der Waals surface area contributed by atoms with Crippen LogP contribution in [0.2, 0.25) is 5.02 Å². The molecule has 0 saturated heterocycles. The number of hydrogen-bond donors (Lipinski definition) is 1. The molecule has 1 N–H and O–H groups in total. The van der Waals surface area contributed by atoms with Crippen LogP contribution >= 0.6 is 11.6 Å². The molecule has 20 heavy (non-hydrogen) atoms. The minimum absolute atomic E-state index is 0.560.